The summed E-state index contributed by atoms with van der Waals surface area (Å²) in [6.07, 6.45) is -7.15. The molecule has 0 unspecified atom stereocenters. The number of hydrazone groups is 1. The Morgan fingerprint density at radius 3 is 2.40 bits per heavy atom. The number of alkyl halides is 4. The van der Waals surface area contributed by atoms with Gasteiger partial charge in [-0.1, -0.05) is 23.2 Å². The van der Waals surface area contributed by atoms with E-state index in [1.54, 1.807) is 6.92 Å². The lowest BCUT2D eigenvalue weighted by Gasteiger charge is -2.16. The van der Waals surface area contributed by atoms with Crippen molar-refractivity contribution in [2.24, 2.45) is 5.10 Å². The topological polar surface area (TPSA) is 59.4 Å². The van der Waals surface area contributed by atoms with Crippen LogP contribution in [0.4, 0.5) is 23.5 Å². The zero-order valence-electron chi connectivity index (χ0n) is 12.5. The van der Waals surface area contributed by atoms with Crippen LogP contribution in [0.3, 0.4) is 0 Å². The first-order chi connectivity index (χ1) is 11.7. The number of anilines is 1. The number of aryl methyl sites for hydroxylation is 1. The molecule has 1 aromatic heterocycles. The molecule has 25 heavy (non-hydrogen) atoms. The number of hydrogen-bond acceptors (Lipinski definition) is 5. The molecule has 1 aromatic carbocycles. The first-order valence-corrected chi connectivity index (χ1v) is 7.38. The minimum absolute atomic E-state index is 0.0633. The van der Waals surface area contributed by atoms with Crippen molar-refractivity contribution in [2.45, 2.75) is 19.5 Å². The maximum Gasteiger partial charge on any atom is 0.461 e. The van der Waals surface area contributed by atoms with Gasteiger partial charge in [-0.25, -0.2) is 10.4 Å². The highest BCUT2D eigenvalue weighted by molar-refractivity contribution is 6.41. The maximum absolute atomic E-state index is 12.8. The van der Waals surface area contributed by atoms with Gasteiger partial charge in [-0.15, -0.1) is 0 Å². The van der Waals surface area contributed by atoms with Crippen molar-refractivity contribution in [3.8, 4) is 5.75 Å². The largest absolute Gasteiger partial charge is 0.461 e. The predicted octanol–water partition coefficient (Wildman–Crippen LogP) is 4.77. The van der Waals surface area contributed by atoms with E-state index in [0.29, 0.717) is 11.3 Å². The van der Waals surface area contributed by atoms with Gasteiger partial charge in [0, 0.05) is 0 Å². The summed E-state index contributed by atoms with van der Waals surface area (Å²) in [5.41, 5.74) is 3.47. The van der Waals surface area contributed by atoms with Gasteiger partial charge in [0.25, 0.3) is 0 Å². The van der Waals surface area contributed by atoms with E-state index in [2.05, 4.69) is 25.2 Å². The Morgan fingerprint density at radius 1 is 1.20 bits per heavy atom. The highest BCUT2D eigenvalue weighted by Crippen LogP contribution is 2.27. The summed E-state index contributed by atoms with van der Waals surface area (Å²) in [6.45, 7) is 1.64. The highest BCUT2D eigenvalue weighted by Gasteiger charge is 2.43. The second kappa shape index (κ2) is 7.83. The van der Waals surface area contributed by atoms with Crippen LogP contribution in [-0.4, -0.2) is 28.7 Å². The van der Waals surface area contributed by atoms with Gasteiger partial charge in [0.2, 0.25) is 5.95 Å². The third-order valence-corrected chi connectivity index (χ3v) is 3.57. The van der Waals surface area contributed by atoms with Crippen LogP contribution in [-0.2, 0) is 0 Å². The van der Waals surface area contributed by atoms with Crippen LogP contribution in [0.5, 0.6) is 5.75 Å². The molecule has 0 spiro atoms. The van der Waals surface area contributed by atoms with Crippen LogP contribution in [0, 0.1) is 6.92 Å². The molecule has 0 saturated heterocycles. The van der Waals surface area contributed by atoms with Crippen LogP contribution in [0.15, 0.2) is 29.4 Å². The van der Waals surface area contributed by atoms with Crippen molar-refractivity contribution >= 4 is 35.4 Å². The van der Waals surface area contributed by atoms with Crippen molar-refractivity contribution in [1.29, 1.82) is 0 Å². The monoisotopic (exact) mass is 396 g/mol. The smallest absolute Gasteiger partial charge is 0.428 e. The summed E-state index contributed by atoms with van der Waals surface area (Å²) in [6, 6.07) is 4.92. The molecule has 2 rings (SSSR count). The van der Waals surface area contributed by atoms with E-state index in [0.717, 1.165) is 12.1 Å². The molecule has 0 fully saturated rings. The molecular formula is C14H10Cl2F4N4O. The molecular weight excluding hydrogens is 387 g/mol. The van der Waals surface area contributed by atoms with Gasteiger partial charge in [-0.3, -0.25) is 0 Å². The second-order valence-corrected chi connectivity index (χ2v) is 5.38. The molecule has 0 radical (unpaired) electrons. The number of benzene rings is 1. The van der Waals surface area contributed by atoms with Crippen LogP contribution < -0.4 is 10.2 Å². The zero-order chi connectivity index (χ0) is 18.6. The number of nitrogens with one attached hydrogen (secondary N) is 1. The van der Waals surface area contributed by atoms with Gasteiger partial charge in [0.1, 0.15) is 5.75 Å². The second-order valence-electron chi connectivity index (χ2n) is 4.64. The van der Waals surface area contributed by atoms with Crippen molar-refractivity contribution in [2.75, 3.05) is 5.43 Å². The van der Waals surface area contributed by atoms with Gasteiger partial charge in [-0.05, 0) is 36.8 Å². The average Bonchev–Trinajstić information content (AvgIpc) is 2.53. The fourth-order valence-corrected chi connectivity index (χ4v) is 1.86. The summed E-state index contributed by atoms with van der Waals surface area (Å²) in [5.74, 6) is -0.293. The molecule has 0 aliphatic rings. The third-order valence-electron chi connectivity index (χ3n) is 2.74. The quantitative estimate of drug-likeness (QED) is 0.330. The van der Waals surface area contributed by atoms with Gasteiger partial charge < -0.3 is 4.74 Å². The lowest BCUT2D eigenvalue weighted by Crippen LogP contribution is -2.33. The van der Waals surface area contributed by atoms with Gasteiger partial charge >= 0.3 is 12.5 Å². The van der Waals surface area contributed by atoms with Gasteiger partial charge in [-0.2, -0.15) is 27.6 Å². The first kappa shape index (κ1) is 19.2. The van der Waals surface area contributed by atoms with Crippen molar-refractivity contribution < 1.29 is 22.3 Å². The molecule has 0 saturated carbocycles. The molecule has 134 valence electrons. The fraction of sp³-hybridized carbons (Fsp3) is 0.214. The minimum atomic E-state index is -4.56. The number of rotatable bonds is 6. The molecule has 0 atom stereocenters. The van der Waals surface area contributed by atoms with Crippen LogP contribution >= 0.6 is 23.2 Å². The van der Waals surface area contributed by atoms with E-state index in [1.165, 1.54) is 18.3 Å². The normalized spacial score (nSPS) is 12.0. The van der Waals surface area contributed by atoms with E-state index in [-0.39, 0.29) is 16.1 Å². The van der Waals surface area contributed by atoms with Crippen molar-refractivity contribution in [3.05, 3.63) is 45.7 Å². The molecule has 0 aliphatic heterocycles. The molecule has 1 heterocycles. The summed E-state index contributed by atoms with van der Waals surface area (Å²) in [7, 11) is 0. The van der Waals surface area contributed by atoms with E-state index >= 15 is 0 Å². The lowest BCUT2D eigenvalue weighted by atomic mass is 10.2. The zero-order valence-corrected chi connectivity index (χ0v) is 14.0. The summed E-state index contributed by atoms with van der Waals surface area (Å²) < 4.78 is 53.6. The number of ether oxygens (including phenoxy) is 1. The average molecular weight is 397 g/mol. The van der Waals surface area contributed by atoms with Crippen molar-refractivity contribution in [3.63, 3.8) is 0 Å². The summed E-state index contributed by atoms with van der Waals surface area (Å²) in [5, 5.41) is 4.14. The van der Waals surface area contributed by atoms with Gasteiger partial charge in [0.15, 0.2) is 5.15 Å². The molecule has 2 aromatic rings. The van der Waals surface area contributed by atoms with Crippen LogP contribution in [0.1, 0.15) is 11.3 Å². The Balaban J connectivity index is 2.00. The Labute approximate surface area is 149 Å². The highest BCUT2D eigenvalue weighted by atomic mass is 35.5. The lowest BCUT2D eigenvalue weighted by molar-refractivity contribution is -0.253. The van der Waals surface area contributed by atoms with E-state index < -0.39 is 18.3 Å². The number of halogens is 6. The standard InChI is InChI=1S/C14H10Cl2F4N4O/c1-7-10(15)11(16)23-13(22-7)24-21-6-8-2-4-9(5-3-8)25-14(19,20)12(17)18/h2-6,12H,1H3,(H,22,23,24)/b21-6+. The van der Waals surface area contributed by atoms with E-state index in [4.69, 9.17) is 23.2 Å². The number of nitrogens with zero attached hydrogens (tertiary/aromatic N) is 3. The third kappa shape index (κ3) is 5.17. The van der Waals surface area contributed by atoms with Crippen LogP contribution in [0.2, 0.25) is 10.2 Å². The molecule has 5 nitrogen and oxygen atoms in total. The first-order valence-electron chi connectivity index (χ1n) is 6.63. The Kier molecular flexibility index (Phi) is 6.02. The van der Waals surface area contributed by atoms with E-state index in [1.807, 2.05) is 0 Å². The van der Waals surface area contributed by atoms with Gasteiger partial charge in [0.05, 0.1) is 16.9 Å². The molecule has 1 N–H and O–H groups in total. The van der Waals surface area contributed by atoms with E-state index in [9.17, 15) is 17.6 Å². The fourth-order valence-electron chi connectivity index (χ4n) is 1.56. The molecule has 11 heteroatoms. The Hall–Kier alpha value is -2.13. The van der Waals surface area contributed by atoms with Crippen molar-refractivity contribution in [1.82, 2.24) is 9.97 Å². The SMILES string of the molecule is Cc1nc(N/N=C/c2ccc(OC(F)(F)C(F)F)cc2)nc(Cl)c1Cl. The maximum atomic E-state index is 12.8. The molecule has 0 bridgehead atoms. The predicted molar refractivity (Wildman–Crippen MR) is 86.0 cm³/mol. The summed E-state index contributed by atoms with van der Waals surface area (Å²) >= 11 is 11.6. The molecule has 0 amide bonds. The Bertz CT molecular complexity index is 749. The molecule has 0 aliphatic carbocycles. The Morgan fingerprint density at radius 2 is 1.84 bits per heavy atom. The number of hydrogen-bond donors (Lipinski definition) is 1. The van der Waals surface area contributed by atoms with Crippen LogP contribution in [0.25, 0.3) is 0 Å². The minimum Gasteiger partial charge on any atom is -0.428 e. The number of aromatic nitrogens is 2. The summed E-state index contributed by atoms with van der Waals surface area (Å²) in [4.78, 5) is 7.87.